The Morgan fingerprint density at radius 3 is 2.75 bits per heavy atom. The molecule has 4 nitrogen and oxygen atoms in total. The van der Waals surface area contributed by atoms with Gasteiger partial charge in [0.25, 0.3) is 0 Å². The van der Waals surface area contributed by atoms with Gasteiger partial charge in [0.05, 0.1) is 5.69 Å². The molecule has 106 valence electrons. The molecule has 0 N–H and O–H groups in total. The van der Waals surface area contributed by atoms with Gasteiger partial charge in [-0.1, -0.05) is 13.8 Å². The van der Waals surface area contributed by atoms with Crippen molar-refractivity contribution in [3.63, 3.8) is 0 Å². The summed E-state index contributed by atoms with van der Waals surface area (Å²) in [6, 6.07) is 0.921. The second-order valence-corrected chi connectivity index (χ2v) is 5.69. The second-order valence-electron chi connectivity index (χ2n) is 5.69. The van der Waals surface area contributed by atoms with E-state index in [-0.39, 0.29) is 11.6 Å². The van der Waals surface area contributed by atoms with Crippen LogP contribution in [0.5, 0.6) is 0 Å². The third-order valence-electron chi connectivity index (χ3n) is 3.74. The van der Waals surface area contributed by atoms with Crippen molar-refractivity contribution in [2.24, 2.45) is 0 Å². The zero-order valence-corrected chi connectivity index (χ0v) is 10.9. The number of halogens is 3. The Kier molecular flexibility index (Phi) is 2.49. The number of nitrogens with zero attached hydrogens (tertiary/aromatic N) is 3. The molecule has 7 heteroatoms. The summed E-state index contributed by atoms with van der Waals surface area (Å²) in [5.74, 6) is -0.338. The summed E-state index contributed by atoms with van der Waals surface area (Å²) in [7, 11) is 0. The molecule has 0 bridgehead atoms. The molecule has 0 saturated carbocycles. The van der Waals surface area contributed by atoms with Crippen molar-refractivity contribution in [3.05, 3.63) is 29.2 Å². The van der Waals surface area contributed by atoms with Gasteiger partial charge in [0.2, 0.25) is 0 Å². The number of alkyl halides is 3. The summed E-state index contributed by atoms with van der Waals surface area (Å²) < 4.78 is 39.5. The van der Waals surface area contributed by atoms with E-state index < -0.39 is 17.3 Å². The van der Waals surface area contributed by atoms with Crippen molar-refractivity contribution < 1.29 is 18.0 Å². The molecule has 0 radical (unpaired) electrons. The number of carbonyl (C=O) groups excluding carboxylic acids is 1. The number of aromatic nitrogens is 3. The molecule has 0 aliphatic heterocycles. The van der Waals surface area contributed by atoms with E-state index in [9.17, 15) is 18.0 Å². The molecule has 0 fully saturated rings. The maximum atomic E-state index is 12.8. The summed E-state index contributed by atoms with van der Waals surface area (Å²) in [6.45, 7) is 3.79. The van der Waals surface area contributed by atoms with Gasteiger partial charge in [-0.3, -0.25) is 0 Å². The molecule has 20 heavy (non-hydrogen) atoms. The Hall–Kier alpha value is -1.92. The topological polar surface area (TPSA) is 47.3 Å². The van der Waals surface area contributed by atoms with Crippen LogP contribution >= 0.6 is 0 Å². The molecule has 2 aromatic heterocycles. The Balaban J connectivity index is 2.31. The van der Waals surface area contributed by atoms with Gasteiger partial charge in [0.15, 0.2) is 11.3 Å². The SMILES string of the molecule is CC1(C)CC(C=O)c2cnc3cc(C(F)(F)F)nn3c21. The first-order valence-electron chi connectivity index (χ1n) is 6.16. The highest BCUT2D eigenvalue weighted by Gasteiger charge is 2.41. The van der Waals surface area contributed by atoms with E-state index >= 15 is 0 Å². The molecular formula is C13H12F3N3O. The van der Waals surface area contributed by atoms with Crippen LogP contribution in [0.1, 0.15) is 43.1 Å². The Morgan fingerprint density at radius 1 is 1.45 bits per heavy atom. The van der Waals surface area contributed by atoms with E-state index in [1.165, 1.54) is 10.7 Å². The number of carbonyl (C=O) groups is 1. The predicted molar refractivity (Wildman–Crippen MR) is 64.4 cm³/mol. The molecule has 3 rings (SSSR count). The minimum absolute atomic E-state index is 0.149. The van der Waals surface area contributed by atoms with Crippen molar-refractivity contribution in [1.29, 1.82) is 0 Å². The van der Waals surface area contributed by atoms with Gasteiger partial charge in [0, 0.05) is 29.2 Å². The maximum Gasteiger partial charge on any atom is 0.435 e. The quantitative estimate of drug-likeness (QED) is 0.756. The zero-order chi connectivity index (χ0) is 14.7. The first-order valence-corrected chi connectivity index (χ1v) is 6.16. The summed E-state index contributed by atoms with van der Waals surface area (Å²) in [5, 5.41) is 3.63. The molecule has 2 aromatic rings. The average Bonchev–Trinajstić information content (AvgIpc) is 2.87. The maximum absolute atomic E-state index is 12.8. The smallest absolute Gasteiger partial charge is 0.303 e. The molecule has 2 heterocycles. The van der Waals surface area contributed by atoms with Gasteiger partial charge in [-0.2, -0.15) is 18.3 Å². The van der Waals surface area contributed by atoms with E-state index in [2.05, 4.69) is 10.1 Å². The van der Waals surface area contributed by atoms with Gasteiger partial charge < -0.3 is 4.79 Å². The van der Waals surface area contributed by atoms with E-state index in [1.54, 1.807) is 0 Å². The molecule has 0 saturated heterocycles. The fourth-order valence-corrected chi connectivity index (χ4v) is 2.91. The third kappa shape index (κ3) is 1.72. The monoisotopic (exact) mass is 283 g/mol. The molecule has 0 amide bonds. The lowest BCUT2D eigenvalue weighted by Crippen LogP contribution is -2.18. The zero-order valence-electron chi connectivity index (χ0n) is 10.9. The van der Waals surface area contributed by atoms with Crippen LogP contribution in [0.25, 0.3) is 5.65 Å². The van der Waals surface area contributed by atoms with Crippen LogP contribution in [0.15, 0.2) is 12.3 Å². The minimum Gasteiger partial charge on any atom is -0.303 e. The van der Waals surface area contributed by atoms with E-state index in [0.29, 0.717) is 17.7 Å². The van der Waals surface area contributed by atoms with Crippen molar-refractivity contribution >= 4 is 11.9 Å². The number of hydrogen-bond acceptors (Lipinski definition) is 3. The van der Waals surface area contributed by atoms with Crippen molar-refractivity contribution in [3.8, 4) is 0 Å². The summed E-state index contributed by atoms with van der Waals surface area (Å²) in [4.78, 5) is 15.1. The average molecular weight is 283 g/mol. The van der Waals surface area contributed by atoms with Gasteiger partial charge in [-0.05, 0) is 6.42 Å². The number of hydrogen-bond donors (Lipinski definition) is 0. The van der Waals surface area contributed by atoms with Gasteiger partial charge >= 0.3 is 6.18 Å². The number of rotatable bonds is 1. The van der Waals surface area contributed by atoms with E-state index in [1.807, 2.05) is 13.8 Å². The van der Waals surface area contributed by atoms with E-state index in [4.69, 9.17) is 0 Å². The lowest BCUT2D eigenvalue weighted by Gasteiger charge is -2.19. The van der Waals surface area contributed by atoms with Crippen LogP contribution in [-0.4, -0.2) is 20.9 Å². The highest BCUT2D eigenvalue weighted by Crippen LogP contribution is 2.44. The lowest BCUT2D eigenvalue weighted by atomic mass is 9.89. The standard InChI is InChI=1S/C13H12F3N3O/c1-12(2)4-7(6-20)8-5-17-10-3-9(13(14,15)16)18-19(10)11(8)12/h3,5-7H,4H2,1-2H3. The highest BCUT2D eigenvalue weighted by atomic mass is 19.4. The van der Waals surface area contributed by atoms with Gasteiger partial charge in [-0.25, -0.2) is 9.50 Å². The molecule has 0 spiro atoms. The third-order valence-corrected chi connectivity index (χ3v) is 3.74. The highest BCUT2D eigenvalue weighted by molar-refractivity contribution is 5.66. The predicted octanol–water partition coefficient (Wildman–Crippen LogP) is 2.71. The van der Waals surface area contributed by atoms with Crippen molar-refractivity contribution in [2.75, 3.05) is 0 Å². The fraction of sp³-hybridized carbons (Fsp3) is 0.462. The second kappa shape index (κ2) is 3.80. The van der Waals surface area contributed by atoms with Crippen LogP contribution in [0, 0.1) is 0 Å². The molecule has 1 atom stereocenters. The van der Waals surface area contributed by atoms with Gasteiger partial charge in [-0.15, -0.1) is 0 Å². The number of aldehydes is 1. The van der Waals surface area contributed by atoms with Crippen LogP contribution in [0.3, 0.4) is 0 Å². The summed E-state index contributed by atoms with van der Waals surface area (Å²) >= 11 is 0. The summed E-state index contributed by atoms with van der Waals surface area (Å²) in [6.07, 6.45) is -1.66. The molecular weight excluding hydrogens is 271 g/mol. The van der Waals surface area contributed by atoms with Crippen LogP contribution in [0.2, 0.25) is 0 Å². The normalized spacial score (nSPS) is 21.1. The van der Waals surface area contributed by atoms with Crippen molar-refractivity contribution in [2.45, 2.75) is 37.8 Å². The molecule has 1 aliphatic rings. The fourth-order valence-electron chi connectivity index (χ4n) is 2.91. The van der Waals surface area contributed by atoms with Crippen molar-refractivity contribution in [1.82, 2.24) is 14.6 Å². The Labute approximate surface area is 112 Å². The first kappa shape index (κ1) is 13.1. The first-order chi connectivity index (χ1) is 9.24. The largest absolute Gasteiger partial charge is 0.435 e. The molecule has 1 unspecified atom stereocenters. The van der Waals surface area contributed by atoms with Crippen LogP contribution in [-0.2, 0) is 16.4 Å². The van der Waals surface area contributed by atoms with Crippen LogP contribution in [0.4, 0.5) is 13.2 Å². The Morgan fingerprint density at radius 2 is 2.15 bits per heavy atom. The van der Waals surface area contributed by atoms with E-state index in [0.717, 1.165) is 12.4 Å². The lowest BCUT2D eigenvalue weighted by molar-refractivity contribution is -0.141. The summed E-state index contributed by atoms with van der Waals surface area (Å²) in [5.41, 5.74) is 0.0562. The molecule has 0 aromatic carbocycles. The van der Waals surface area contributed by atoms with Gasteiger partial charge in [0.1, 0.15) is 6.29 Å². The number of fused-ring (bicyclic) bond motifs is 3. The minimum atomic E-state index is -4.51. The van der Waals surface area contributed by atoms with Crippen LogP contribution < -0.4 is 0 Å². The molecule has 1 aliphatic carbocycles. The Bertz CT molecular complexity index is 703.